The van der Waals surface area contributed by atoms with Crippen molar-refractivity contribution in [3.63, 3.8) is 0 Å². The molecule has 0 radical (unpaired) electrons. The Hall–Kier alpha value is -3.65. The van der Waals surface area contributed by atoms with Crippen LogP contribution in [0.1, 0.15) is 30.5 Å². The number of likely N-dealkylation sites (N-methyl/N-ethyl adjacent to an activating group) is 1. The van der Waals surface area contributed by atoms with Crippen molar-refractivity contribution in [2.75, 3.05) is 17.4 Å². The van der Waals surface area contributed by atoms with Crippen molar-refractivity contribution < 1.29 is 18.0 Å². The van der Waals surface area contributed by atoms with E-state index in [0.29, 0.717) is 12.2 Å². The van der Waals surface area contributed by atoms with Gasteiger partial charge < -0.3 is 10.2 Å². The SMILES string of the molecule is CCNC(=O)[C@H](C)N(Cc1cccc(C)c1)C(=O)CN(c1ccc(C)cc1)S(=O)(=O)c1ccccc1. The summed E-state index contributed by atoms with van der Waals surface area (Å²) in [6, 6.07) is 21.9. The maximum atomic E-state index is 13.8. The van der Waals surface area contributed by atoms with Crippen molar-refractivity contribution in [3.8, 4) is 0 Å². The lowest BCUT2D eigenvalue weighted by atomic mass is 10.1. The number of rotatable bonds is 10. The highest BCUT2D eigenvalue weighted by Crippen LogP contribution is 2.25. The molecule has 0 spiro atoms. The van der Waals surface area contributed by atoms with Gasteiger partial charge in [0, 0.05) is 13.1 Å². The molecule has 0 aliphatic heterocycles. The number of nitrogens with one attached hydrogen (secondary N) is 1. The molecular weight excluding hydrogens is 474 g/mol. The molecule has 0 heterocycles. The third-order valence-corrected chi connectivity index (χ3v) is 7.67. The first-order valence-corrected chi connectivity index (χ1v) is 13.3. The van der Waals surface area contributed by atoms with E-state index < -0.39 is 28.5 Å². The van der Waals surface area contributed by atoms with Crippen LogP contribution in [0.3, 0.4) is 0 Å². The number of sulfonamides is 1. The quantitative estimate of drug-likeness (QED) is 0.449. The fourth-order valence-electron chi connectivity index (χ4n) is 3.87. The highest BCUT2D eigenvalue weighted by atomic mass is 32.2. The van der Waals surface area contributed by atoms with Crippen LogP contribution in [0.5, 0.6) is 0 Å². The molecule has 8 heteroatoms. The zero-order valence-electron chi connectivity index (χ0n) is 21.1. The van der Waals surface area contributed by atoms with Gasteiger partial charge in [0.1, 0.15) is 12.6 Å². The highest BCUT2D eigenvalue weighted by Gasteiger charge is 2.32. The first kappa shape index (κ1) is 26.9. The molecule has 0 aliphatic carbocycles. The van der Waals surface area contributed by atoms with E-state index in [4.69, 9.17) is 0 Å². The number of carbonyl (C=O) groups is 2. The van der Waals surface area contributed by atoms with Gasteiger partial charge in [-0.15, -0.1) is 0 Å². The second-order valence-electron chi connectivity index (χ2n) is 8.74. The van der Waals surface area contributed by atoms with Crippen molar-refractivity contribution in [2.45, 2.75) is 45.2 Å². The average molecular weight is 508 g/mol. The number of carbonyl (C=O) groups excluding carboxylic acids is 2. The number of aryl methyl sites for hydroxylation is 2. The van der Waals surface area contributed by atoms with Crippen LogP contribution in [0.15, 0.2) is 83.8 Å². The molecule has 1 N–H and O–H groups in total. The maximum absolute atomic E-state index is 13.8. The summed E-state index contributed by atoms with van der Waals surface area (Å²) in [5.74, 6) is -0.776. The smallest absolute Gasteiger partial charge is 0.264 e. The van der Waals surface area contributed by atoms with Gasteiger partial charge in [-0.3, -0.25) is 13.9 Å². The molecule has 0 saturated carbocycles. The van der Waals surface area contributed by atoms with Gasteiger partial charge in [0.05, 0.1) is 10.6 Å². The topological polar surface area (TPSA) is 86.8 Å². The summed E-state index contributed by atoms with van der Waals surface area (Å²) in [6.45, 7) is 7.47. The van der Waals surface area contributed by atoms with Gasteiger partial charge in [-0.2, -0.15) is 0 Å². The summed E-state index contributed by atoms with van der Waals surface area (Å²) >= 11 is 0. The molecule has 7 nitrogen and oxygen atoms in total. The fourth-order valence-corrected chi connectivity index (χ4v) is 5.31. The van der Waals surface area contributed by atoms with Crippen LogP contribution in [0, 0.1) is 13.8 Å². The zero-order chi connectivity index (χ0) is 26.3. The van der Waals surface area contributed by atoms with Crippen LogP contribution >= 0.6 is 0 Å². The Morgan fingerprint density at radius 2 is 1.56 bits per heavy atom. The van der Waals surface area contributed by atoms with Crippen molar-refractivity contribution in [3.05, 3.63) is 95.6 Å². The van der Waals surface area contributed by atoms with E-state index in [0.717, 1.165) is 21.0 Å². The fraction of sp³-hybridized carbons (Fsp3) is 0.286. The third-order valence-electron chi connectivity index (χ3n) is 5.89. The third kappa shape index (κ3) is 6.51. The predicted molar refractivity (Wildman–Crippen MR) is 142 cm³/mol. The van der Waals surface area contributed by atoms with Crippen molar-refractivity contribution in [1.29, 1.82) is 0 Å². The van der Waals surface area contributed by atoms with Gasteiger partial charge in [-0.25, -0.2) is 8.42 Å². The standard InChI is InChI=1S/C28H33N3O4S/c1-5-29-28(33)23(4)30(19-24-11-9-10-22(3)18-24)27(32)20-31(25-16-14-21(2)15-17-25)36(34,35)26-12-7-6-8-13-26/h6-18,23H,5,19-20H2,1-4H3,(H,29,33)/t23-/m0/s1. The number of amides is 2. The number of nitrogens with zero attached hydrogens (tertiary/aromatic N) is 2. The Morgan fingerprint density at radius 1 is 0.889 bits per heavy atom. The van der Waals surface area contributed by atoms with E-state index in [1.807, 2.05) is 45.0 Å². The van der Waals surface area contributed by atoms with E-state index in [9.17, 15) is 18.0 Å². The van der Waals surface area contributed by atoms with Gasteiger partial charge in [-0.05, 0) is 57.5 Å². The number of hydrogen-bond donors (Lipinski definition) is 1. The molecule has 36 heavy (non-hydrogen) atoms. The van der Waals surface area contributed by atoms with Crippen LogP contribution in [0.4, 0.5) is 5.69 Å². The Morgan fingerprint density at radius 3 is 2.17 bits per heavy atom. The molecule has 0 aliphatic rings. The Balaban J connectivity index is 2.01. The van der Waals surface area contributed by atoms with Crippen LogP contribution in [-0.4, -0.2) is 44.3 Å². The van der Waals surface area contributed by atoms with Gasteiger partial charge >= 0.3 is 0 Å². The normalized spacial score (nSPS) is 12.0. The second kappa shape index (κ2) is 11.9. The van der Waals surface area contributed by atoms with Gasteiger partial charge in [-0.1, -0.05) is 65.7 Å². The number of hydrogen-bond acceptors (Lipinski definition) is 4. The van der Waals surface area contributed by atoms with Crippen LogP contribution in [0.2, 0.25) is 0 Å². The van der Waals surface area contributed by atoms with E-state index in [1.165, 1.54) is 17.0 Å². The first-order chi connectivity index (χ1) is 17.1. The Bertz CT molecular complexity index is 1290. The minimum Gasteiger partial charge on any atom is -0.355 e. The van der Waals surface area contributed by atoms with Crippen LogP contribution in [-0.2, 0) is 26.2 Å². The van der Waals surface area contributed by atoms with Gasteiger partial charge in [0.15, 0.2) is 0 Å². The lowest BCUT2D eigenvalue weighted by molar-refractivity contribution is -0.139. The summed E-state index contributed by atoms with van der Waals surface area (Å²) in [5, 5.41) is 2.76. The van der Waals surface area contributed by atoms with Gasteiger partial charge in [0.25, 0.3) is 10.0 Å². The molecule has 0 unspecified atom stereocenters. The summed E-state index contributed by atoms with van der Waals surface area (Å²) in [4.78, 5) is 28.0. The Labute approximate surface area is 213 Å². The first-order valence-electron chi connectivity index (χ1n) is 11.9. The summed E-state index contributed by atoms with van der Waals surface area (Å²) in [7, 11) is -4.05. The molecule has 3 aromatic rings. The molecule has 2 amide bonds. The number of benzene rings is 3. The number of anilines is 1. The van der Waals surface area contributed by atoms with E-state index >= 15 is 0 Å². The molecule has 1 atom stereocenters. The maximum Gasteiger partial charge on any atom is 0.264 e. The summed E-state index contributed by atoms with van der Waals surface area (Å²) in [6.07, 6.45) is 0. The lowest BCUT2D eigenvalue weighted by Crippen LogP contribution is -2.51. The zero-order valence-corrected chi connectivity index (χ0v) is 22.0. The predicted octanol–water partition coefficient (Wildman–Crippen LogP) is 4.05. The highest BCUT2D eigenvalue weighted by molar-refractivity contribution is 7.92. The minimum absolute atomic E-state index is 0.0837. The van der Waals surface area contributed by atoms with E-state index in [-0.39, 0.29) is 17.3 Å². The molecule has 3 aromatic carbocycles. The van der Waals surface area contributed by atoms with Crippen LogP contribution < -0.4 is 9.62 Å². The van der Waals surface area contributed by atoms with E-state index in [1.54, 1.807) is 49.4 Å². The largest absolute Gasteiger partial charge is 0.355 e. The van der Waals surface area contributed by atoms with Crippen LogP contribution in [0.25, 0.3) is 0 Å². The molecular formula is C28H33N3O4S. The molecule has 0 fully saturated rings. The van der Waals surface area contributed by atoms with Crippen molar-refractivity contribution >= 4 is 27.5 Å². The van der Waals surface area contributed by atoms with Crippen molar-refractivity contribution in [1.82, 2.24) is 10.2 Å². The lowest BCUT2D eigenvalue weighted by Gasteiger charge is -2.32. The van der Waals surface area contributed by atoms with Crippen molar-refractivity contribution in [2.24, 2.45) is 0 Å². The second-order valence-corrected chi connectivity index (χ2v) is 10.6. The molecule has 0 aromatic heterocycles. The average Bonchev–Trinajstić information content (AvgIpc) is 2.86. The monoisotopic (exact) mass is 507 g/mol. The summed E-state index contributed by atoms with van der Waals surface area (Å²) < 4.78 is 28.4. The molecule has 190 valence electrons. The summed E-state index contributed by atoms with van der Waals surface area (Å²) in [5.41, 5.74) is 3.22. The molecule has 0 saturated heterocycles. The molecule has 3 rings (SSSR count). The molecule has 0 bridgehead atoms. The van der Waals surface area contributed by atoms with E-state index in [2.05, 4.69) is 5.32 Å². The van der Waals surface area contributed by atoms with Gasteiger partial charge in [0.2, 0.25) is 11.8 Å². The Kier molecular flexibility index (Phi) is 8.88. The minimum atomic E-state index is -4.05.